The van der Waals surface area contributed by atoms with Crippen LogP contribution in [0.4, 0.5) is 0 Å². The van der Waals surface area contributed by atoms with Crippen LogP contribution in [0.1, 0.15) is 13.3 Å². The van der Waals surface area contributed by atoms with Gasteiger partial charge >= 0.3 is 11.9 Å². The quantitative estimate of drug-likeness (QED) is 0.605. The zero-order chi connectivity index (χ0) is 13.2. The van der Waals surface area contributed by atoms with Crippen molar-refractivity contribution in [1.82, 2.24) is 4.90 Å². The lowest BCUT2D eigenvalue weighted by molar-refractivity contribution is -0.153. The molecule has 3 atom stereocenters. The smallest absolute Gasteiger partial charge is 0.329 e. The third-order valence-corrected chi connectivity index (χ3v) is 2.74. The molecule has 17 heavy (non-hydrogen) atoms. The van der Waals surface area contributed by atoms with Gasteiger partial charge in [0.05, 0.1) is 19.1 Å². The Hall–Kier alpha value is -1.63. The van der Waals surface area contributed by atoms with E-state index in [-0.39, 0.29) is 13.0 Å². The van der Waals surface area contributed by atoms with E-state index in [1.165, 1.54) is 14.0 Å². The molecule has 1 rings (SSSR count). The molecule has 1 aliphatic heterocycles. The molecule has 1 heterocycles. The normalized spacial score (nSPS) is 23.4. The van der Waals surface area contributed by atoms with Crippen molar-refractivity contribution >= 4 is 17.8 Å². The average Bonchev–Trinajstić information content (AvgIpc) is 2.59. The number of rotatable bonds is 4. The maximum atomic E-state index is 11.6. The number of nitrogens with zero attached hydrogens (tertiary/aromatic N) is 1. The van der Waals surface area contributed by atoms with E-state index in [0.29, 0.717) is 0 Å². The van der Waals surface area contributed by atoms with Crippen molar-refractivity contribution in [1.29, 1.82) is 0 Å². The van der Waals surface area contributed by atoms with Gasteiger partial charge in [0.15, 0.2) is 6.04 Å². The third-order valence-electron chi connectivity index (χ3n) is 2.74. The van der Waals surface area contributed by atoms with Crippen LogP contribution in [-0.4, -0.2) is 58.8 Å². The van der Waals surface area contributed by atoms with Crippen LogP contribution in [0, 0.1) is 5.92 Å². The Kier molecular flexibility index (Phi) is 4.06. The molecule has 0 saturated carbocycles. The van der Waals surface area contributed by atoms with Crippen molar-refractivity contribution in [3.63, 3.8) is 0 Å². The summed E-state index contributed by atoms with van der Waals surface area (Å²) < 4.78 is 4.50. The van der Waals surface area contributed by atoms with E-state index in [1.807, 2.05) is 0 Å². The predicted molar refractivity (Wildman–Crippen MR) is 54.9 cm³/mol. The number of hydrogen-bond acceptors (Lipinski definition) is 5. The molecule has 0 aromatic heterocycles. The minimum absolute atomic E-state index is 0.0344. The highest BCUT2D eigenvalue weighted by Gasteiger charge is 2.42. The first-order chi connectivity index (χ1) is 7.88. The van der Waals surface area contributed by atoms with Gasteiger partial charge in [0.25, 0.3) is 0 Å². The number of hydrogen-bond donors (Lipinski definition) is 2. The first-order valence-electron chi connectivity index (χ1n) is 5.16. The number of carbonyl (C=O) groups excluding carboxylic acids is 2. The van der Waals surface area contributed by atoms with Crippen LogP contribution in [0.15, 0.2) is 0 Å². The number of ether oxygens (including phenoxy) is 1. The topological polar surface area (TPSA) is 104 Å². The second kappa shape index (κ2) is 5.13. The molecule has 1 fully saturated rings. The van der Waals surface area contributed by atoms with Gasteiger partial charge in [-0.05, 0) is 6.92 Å². The monoisotopic (exact) mass is 245 g/mol. The predicted octanol–water partition coefficient (Wildman–Crippen LogP) is -1.16. The minimum atomic E-state index is -1.32. The summed E-state index contributed by atoms with van der Waals surface area (Å²) in [6.07, 6.45) is -1.28. The van der Waals surface area contributed by atoms with Crippen LogP contribution in [0.2, 0.25) is 0 Å². The highest BCUT2D eigenvalue weighted by molar-refractivity contribution is 5.90. The van der Waals surface area contributed by atoms with E-state index in [2.05, 4.69) is 4.74 Å². The highest BCUT2D eigenvalue weighted by atomic mass is 16.5. The van der Waals surface area contributed by atoms with Crippen molar-refractivity contribution in [2.24, 2.45) is 5.92 Å². The molecule has 3 unspecified atom stereocenters. The molecule has 7 heteroatoms. The number of amides is 1. The Morgan fingerprint density at radius 3 is 2.53 bits per heavy atom. The molecule has 1 saturated heterocycles. The molecular weight excluding hydrogens is 230 g/mol. The second-order valence-electron chi connectivity index (χ2n) is 3.99. The summed E-state index contributed by atoms with van der Waals surface area (Å²) in [5.74, 6) is -2.96. The van der Waals surface area contributed by atoms with Crippen molar-refractivity contribution in [2.45, 2.75) is 25.5 Å². The number of carboxylic acids is 1. The van der Waals surface area contributed by atoms with Gasteiger partial charge in [0.2, 0.25) is 5.91 Å². The molecule has 0 radical (unpaired) electrons. The molecule has 7 nitrogen and oxygen atoms in total. The fraction of sp³-hybridized carbons (Fsp3) is 0.700. The maximum Gasteiger partial charge on any atom is 0.329 e. The Bertz CT molecular complexity index is 340. The Morgan fingerprint density at radius 1 is 1.53 bits per heavy atom. The SMILES string of the molecule is COC(=O)C1CC(=O)N(C(C(=O)O)C(C)O)C1. The lowest BCUT2D eigenvalue weighted by Gasteiger charge is -2.26. The lowest BCUT2D eigenvalue weighted by Crippen LogP contribution is -2.48. The second-order valence-corrected chi connectivity index (χ2v) is 3.99. The van der Waals surface area contributed by atoms with Crippen LogP contribution in [-0.2, 0) is 19.1 Å². The molecule has 1 aliphatic rings. The fourth-order valence-electron chi connectivity index (χ4n) is 1.93. The van der Waals surface area contributed by atoms with Crippen LogP contribution in [0.25, 0.3) is 0 Å². The van der Waals surface area contributed by atoms with Crippen LogP contribution < -0.4 is 0 Å². The number of likely N-dealkylation sites (tertiary alicyclic amines) is 1. The van der Waals surface area contributed by atoms with Crippen LogP contribution in [0.3, 0.4) is 0 Å². The van der Waals surface area contributed by atoms with Crippen molar-refractivity contribution in [3.8, 4) is 0 Å². The van der Waals surface area contributed by atoms with Gasteiger partial charge in [-0.15, -0.1) is 0 Å². The molecule has 0 aliphatic carbocycles. The molecule has 96 valence electrons. The molecule has 1 amide bonds. The summed E-state index contributed by atoms with van der Waals surface area (Å²) in [5.41, 5.74) is 0. The number of aliphatic carboxylic acids is 1. The van der Waals surface area contributed by atoms with Gasteiger partial charge in [-0.3, -0.25) is 9.59 Å². The zero-order valence-corrected chi connectivity index (χ0v) is 9.62. The van der Waals surface area contributed by atoms with Crippen LogP contribution >= 0.6 is 0 Å². The third kappa shape index (κ3) is 2.73. The van der Waals surface area contributed by atoms with E-state index >= 15 is 0 Å². The Balaban J connectivity index is 2.82. The zero-order valence-electron chi connectivity index (χ0n) is 9.62. The summed E-state index contributed by atoms with van der Waals surface area (Å²) in [4.78, 5) is 34.8. The Morgan fingerprint density at radius 2 is 2.12 bits per heavy atom. The van der Waals surface area contributed by atoms with Gasteiger partial charge < -0.3 is 19.8 Å². The minimum Gasteiger partial charge on any atom is -0.480 e. The Labute approximate surface area is 98.0 Å². The van der Waals surface area contributed by atoms with E-state index < -0.39 is 35.9 Å². The summed E-state index contributed by atoms with van der Waals surface area (Å²) in [6.45, 7) is 1.25. The van der Waals surface area contributed by atoms with Gasteiger partial charge in [0.1, 0.15) is 0 Å². The summed E-state index contributed by atoms with van der Waals surface area (Å²) in [5, 5.41) is 18.3. The maximum absolute atomic E-state index is 11.6. The summed E-state index contributed by atoms with van der Waals surface area (Å²) >= 11 is 0. The number of aliphatic hydroxyl groups excluding tert-OH is 1. The molecule has 0 aromatic carbocycles. The van der Waals surface area contributed by atoms with Crippen molar-refractivity contribution in [2.75, 3.05) is 13.7 Å². The van der Waals surface area contributed by atoms with Crippen molar-refractivity contribution in [3.05, 3.63) is 0 Å². The van der Waals surface area contributed by atoms with Gasteiger partial charge in [-0.2, -0.15) is 0 Å². The number of aliphatic hydroxyl groups is 1. The summed E-state index contributed by atoms with van der Waals surface area (Å²) in [6, 6.07) is -1.32. The van der Waals surface area contributed by atoms with E-state index in [9.17, 15) is 19.5 Å². The fourth-order valence-corrected chi connectivity index (χ4v) is 1.93. The molecule has 0 aromatic rings. The molecular formula is C10H15NO6. The molecule has 0 bridgehead atoms. The molecule has 0 spiro atoms. The van der Waals surface area contributed by atoms with Gasteiger partial charge in [0, 0.05) is 13.0 Å². The number of carbonyl (C=O) groups is 3. The number of methoxy groups -OCH3 is 1. The lowest BCUT2D eigenvalue weighted by atomic mass is 10.1. The first kappa shape index (κ1) is 13.4. The number of carboxylic acid groups (broad SMARTS) is 1. The van der Waals surface area contributed by atoms with Crippen molar-refractivity contribution < 1.29 is 29.3 Å². The standard InChI is InChI=1S/C10H15NO6/c1-5(12)8(9(14)15)11-4-6(3-7(11)13)10(16)17-2/h5-6,8,12H,3-4H2,1-2H3,(H,14,15). The van der Waals surface area contributed by atoms with E-state index in [4.69, 9.17) is 5.11 Å². The summed E-state index contributed by atoms with van der Waals surface area (Å²) in [7, 11) is 1.21. The first-order valence-corrected chi connectivity index (χ1v) is 5.16. The van der Waals surface area contributed by atoms with E-state index in [1.54, 1.807) is 0 Å². The molecule has 2 N–H and O–H groups in total. The van der Waals surface area contributed by atoms with Gasteiger partial charge in [-0.25, -0.2) is 4.79 Å². The van der Waals surface area contributed by atoms with Crippen LogP contribution in [0.5, 0.6) is 0 Å². The van der Waals surface area contributed by atoms with Gasteiger partial charge in [-0.1, -0.05) is 0 Å². The largest absolute Gasteiger partial charge is 0.480 e. The average molecular weight is 245 g/mol. The highest BCUT2D eigenvalue weighted by Crippen LogP contribution is 2.22. The van der Waals surface area contributed by atoms with E-state index in [0.717, 1.165) is 4.90 Å². The number of esters is 1.